The Kier molecular flexibility index (Phi) is 9.86. The molecule has 0 heterocycles. The van der Waals surface area contributed by atoms with E-state index in [-0.39, 0.29) is 18.4 Å². The van der Waals surface area contributed by atoms with E-state index in [4.69, 9.17) is 9.47 Å². The van der Waals surface area contributed by atoms with Gasteiger partial charge in [-0.15, -0.1) is 12.4 Å². The minimum atomic E-state index is -0.332. The van der Waals surface area contributed by atoms with Crippen LogP contribution in [0.2, 0.25) is 0 Å². The van der Waals surface area contributed by atoms with Gasteiger partial charge in [-0.25, -0.2) is 4.79 Å². The Bertz CT molecular complexity index is 394. The molecule has 0 unspecified atom stereocenters. The van der Waals surface area contributed by atoms with Gasteiger partial charge in [0.2, 0.25) is 0 Å². The smallest absolute Gasteiger partial charge is 0.341 e. The summed E-state index contributed by atoms with van der Waals surface area (Å²) in [4.78, 5) is 14.0. The maximum Gasteiger partial charge on any atom is 0.341 e. The van der Waals surface area contributed by atoms with Gasteiger partial charge in [-0.3, -0.25) is 0 Å². The molecule has 1 rings (SSSR count). The molecule has 1 aromatic rings. The van der Waals surface area contributed by atoms with E-state index in [0.717, 1.165) is 19.6 Å². The molecule has 20 heavy (non-hydrogen) atoms. The lowest BCUT2D eigenvalue weighted by Gasteiger charge is -2.18. The number of carbonyl (C=O) groups excluding carboxylic acids is 1. The van der Waals surface area contributed by atoms with E-state index in [1.165, 1.54) is 0 Å². The minimum absolute atomic E-state index is 0. The third-order valence-electron chi connectivity index (χ3n) is 2.94. The van der Waals surface area contributed by atoms with Crippen LogP contribution in [0.15, 0.2) is 24.3 Å². The number of carbonyl (C=O) groups is 1. The maximum absolute atomic E-state index is 11.8. The molecule has 0 aromatic heterocycles. The number of halogens is 1. The first-order chi connectivity index (χ1) is 9.22. The Labute approximate surface area is 127 Å². The molecule has 114 valence electrons. The van der Waals surface area contributed by atoms with Crippen molar-refractivity contribution < 1.29 is 14.3 Å². The molecule has 0 saturated carbocycles. The summed E-state index contributed by atoms with van der Waals surface area (Å²) < 4.78 is 10.7. The van der Waals surface area contributed by atoms with E-state index >= 15 is 0 Å². The van der Waals surface area contributed by atoms with Gasteiger partial charge in [0.1, 0.15) is 17.9 Å². The lowest BCUT2D eigenvalue weighted by molar-refractivity contribution is 0.0521. The van der Waals surface area contributed by atoms with Gasteiger partial charge in [-0.05, 0) is 32.1 Å². The second kappa shape index (κ2) is 10.5. The molecule has 0 aliphatic rings. The summed E-state index contributed by atoms with van der Waals surface area (Å²) in [5.74, 6) is 0.258. The van der Waals surface area contributed by atoms with Crippen molar-refractivity contribution in [2.45, 2.75) is 20.8 Å². The highest BCUT2D eigenvalue weighted by Crippen LogP contribution is 2.18. The standard InChI is InChI=1S/C15H23NO3.ClH/c1-4-16(5-2)11-12-19-14-10-8-7-9-13(14)15(17)18-6-3;/h7-10H,4-6,11-12H2,1-3H3;1H. The van der Waals surface area contributed by atoms with Crippen molar-refractivity contribution in [3.8, 4) is 5.75 Å². The number of rotatable bonds is 8. The molecule has 0 aliphatic carbocycles. The van der Waals surface area contributed by atoms with Gasteiger partial charge in [-0.1, -0.05) is 26.0 Å². The van der Waals surface area contributed by atoms with Crippen LogP contribution in [0.5, 0.6) is 5.75 Å². The highest BCUT2D eigenvalue weighted by atomic mass is 35.5. The second-order valence-electron chi connectivity index (χ2n) is 4.09. The van der Waals surface area contributed by atoms with Crippen molar-refractivity contribution in [1.82, 2.24) is 4.90 Å². The fraction of sp³-hybridized carbons (Fsp3) is 0.533. The lowest BCUT2D eigenvalue weighted by Crippen LogP contribution is -2.28. The van der Waals surface area contributed by atoms with E-state index < -0.39 is 0 Å². The Morgan fingerprint density at radius 2 is 1.80 bits per heavy atom. The van der Waals surface area contributed by atoms with Gasteiger partial charge in [0.15, 0.2) is 0 Å². The molecule has 0 spiro atoms. The molecule has 4 nitrogen and oxygen atoms in total. The molecule has 0 amide bonds. The average Bonchev–Trinajstić information content (AvgIpc) is 2.44. The van der Waals surface area contributed by atoms with Crippen LogP contribution >= 0.6 is 12.4 Å². The molecular weight excluding hydrogens is 278 g/mol. The first kappa shape index (κ1) is 18.7. The van der Waals surface area contributed by atoms with Crippen molar-refractivity contribution >= 4 is 18.4 Å². The van der Waals surface area contributed by atoms with Crippen molar-refractivity contribution in [3.63, 3.8) is 0 Å². The Hall–Kier alpha value is -1.26. The molecule has 0 N–H and O–H groups in total. The molecular formula is C15H24ClNO3. The second-order valence-corrected chi connectivity index (χ2v) is 4.09. The SMILES string of the molecule is CCOC(=O)c1ccccc1OCCN(CC)CC.Cl. The third kappa shape index (κ3) is 5.80. The first-order valence-electron chi connectivity index (χ1n) is 6.84. The van der Waals surface area contributed by atoms with E-state index in [2.05, 4.69) is 18.7 Å². The zero-order chi connectivity index (χ0) is 14.1. The largest absolute Gasteiger partial charge is 0.491 e. The number of likely N-dealkylation sites (N-methyl/N-ethyl adjacent to an activating group) is 1. The average molecular weight is 302 g/mol. The number of nitrogens with zero attached hydrogens (tertiary/aromatic N) is 1. The van der Waals surface area contributed by atoms with Crippen LogP contribution in [0.4, 0.5) is 0 Å². The Balaban J connectivity index is 0.00000361. The topological polar surface area (TPSA) is 38.8 Å². The van der Waals surface area contributed by atoms with Crippen LogP contribution in [0.1, 0.15) is 31.1 Å². The molecule has 0 bridgehead atoms. The first-order valence-corrected chi connectivity index (χ1v) is 6.84. The fourth-order valence-electron chi connectivity index (χ4n) is 1.79. The van der Waals surface area contributed by atoms with E-state index in [0.29, 0.717) is 24.5 Å². The van der Waals surface area contributed by atoms with Gasteiger partial charge >= 0.3 is 5.97 Å². The highest BCUT2D eigenvalue weighted by molar-refractivity contribution is 5.92. The van der Waals surface area contributed by atoms with Gasteiger partial charge in [0.05, 0.1) is 6.61 Å². The van der Waals surface area contributed by atoms with E-state index in [1.807, 2.05) is 12.1 Å². The van der Waals surface area contributed by atoms with Gasteiger partial charge in [0, 0.05) is 6.54 Å². The molecule has 0 atom stereocenters. The number of para-hydroxylation sites is 1. The molecule has 0 fully saturated rings. The number of hydrogen-bond donors (Lipinski definition) is 0. The molecule has 0 aliphatic heterocycles. The van der Waals surface area contributed by atoms with Crippen LogP contribution in [0.25, 0.3) is 0 Å². The molecule has 0 saturated heterocycles. The number of ether oxygens (including phenoxy) is 2. The molecule has 0 radical (unpaired) electrons. The molecule has 5 heteroatoms. The van der Waals surface area contributed by atoms with Crippen molar-refractivity contribution in [1.29, 1.82) is 0 Å². The van der Waals surface area contributed by atoms with Crippen LogP contribution in [-0.4, -0.2) is 43.7 Å². The fourth-order valence-corrected chi connectivity index (χ4v) is 1.79. The monoisotopic (exact) mass is 301 g/mol. The summed E-state index contributed by atoms with van der Waals surface area (Å²) in [6, 6.07) is 7.19. The third-order valence-corrected chi connectivity index (χ3v) is 2.94. The summed E-state index contributed by atoms with van der Waals surface area (Å²) in [7, 11) is 0. The predicted molar refractivity (Wildman–Crippen MR) is 82.9 cm³/mol. The summed E-state index contributed by atoms with van der Waals surface area (Å²) in [6.45, 7) is 9.82. The van der Waals surface area contributed by atoms with Crippen LogP contribution < -0.4 is 4.74 Å². The Morgan fingerprint density at radius 3 is 2.40 bits per heavy atom. The zero-order valence-electron chi connectivity index (χ0n) is 12.4. The zero-order valence-corrected chi connectivity index (χ0v) is 13.2. The summed E-state index contributed by atoms with van der Waals surface area (Å²) >= 11 is 0. The minimum Gasteiger partial charge on any atom is -0.491 e. The van der Waals surface area contributed by atoms with Gasteiger partial charge < -0.3 is 14.4 Å². The Morgan fingerprint density at radius 1 is 1.15 bits per heavy atom. The van der Waals surface area contributed by atoms with Crippen molar-refractivity contribution in [2.75, 3.05) is 32.8 Å². The van der Waals surface area contributed by atoms with Crippen LogP contribution in [0, 0.1) is 0 Å². The normalized spacial score (nSPS) is 10.0. The number of benzene rings is 1. The number of esters is 1. The van der Waals surface area contributed by atoms with E-state index in [1.54, 1.807) is 19.1 Å². The van der Waals surface area contributed by atoms with Crippen LogP contribution in [-0.2, 0) is 4.74 Å². The van der Waals surface area contributed by atoms with Crippen molar-refractivity contribution in [3.05, 3.63) is 29.8 Å². The molecule has 1 aromatic carbocycles. The summed E-state index contributed by atoms with van der Waals surface area (Å²) in [5.41, 5.74) is 0.490. The predicted octanol–water partition coefficient (Wildman–Crippen LogP) is 3.01. The van der Waals surface area contributed by atoms with E-state index in [9.17, 15) is 4.79 Å². The highest BCUT2D eigenvalue weighted by Gasteiger charge is 2.12. The summed E-state index contributed by atoms with van der Waals surface area (Å²) in [6.07, 6.45) is 0. The maximum atomic E-state index is 11.8. The number of hydrogen-bond acceptors (Lipinski definition) is 4. The van der Waals surface area contributed by atoms with Gasteiger partial charge in [0.25, 0.3) is 0 Å². The summed E-state index contributed by atoms with van der Waals surface area (Å²) in [5, 5.41) is 0. The quantitative estimate of drug-likeness (QED) is 0.692. The lowest BCUT2D eigenvalue weighted by atomic mass is 10.2. The van der Waals surface area contributed by atoms with Crippen molar-refractivity contribution in [2.24, 2.45) is 0 Å². The van der Waals surface area contributed by atoms with Gasteiger partial charge in [-0.2, -0.15) is 0 Å². The van der Waals surface area contributed by atoms with Crippen LogP contribution in [0.3, 0.4) is 0 Å².